The third kappa shape index (κ3) is 5.44. The van der Waals surface area contributed by atoms with E-state index in [1.54, 1.807) is 0 Å². The average molecular weight is 604 g/mol. The second kappa shape index (κ2) is 9.77. The van der Waals surface area contributed by atoms with Crippen LogP contribution in [0.1, 0.15) is 16.7 Å². The Kier molecular flexibility index (Phi) is 7.42. The summed E-state index contributed by atoms with van der Waals surface area (Å²) in [6, 6.07) is -1.37. The van der Waals surface area contributed by atoms with E-state index in [1.165, 1.54) is 0 Å². The number of nitrogens with two attached hydrogens (primary N) is 2. The van der Waals surface area contributed by atoms with Gasteiger partial charge in [0.2, 0.25) is 17.3 Å². The van der Waals surface area contributed by atoms with E-state index in [-0.39, 0.29) is 0 Å². The molecule has 0 amide bonds. The molecule has 0 atom stereocenters. The molecular formula is C21H7F15N2O2. The summed E-state index contributed by atoms with van der Waals surface area (Å²) < 4.78 is 212. The van der Waals surface area contributed by atoms with Gasteiger partial charge in [0.25, 0.3) is 0 Å². The normalized spacial score (nSPS) is 12.6. The van der Waals surface area contributed by atoms with Crippen LogP contribution in [-0.2, 0) is 18.5 Å². The van der Waals surface area contributed by atoms with E-state index in [4.69, 9.17) is 11.5 Å². The predicted octanol–water partition coefficient (Wildman–Crippen LogP) is 8.33. The van der Waals surface area contributed by atoms with E-state index in [2.05, 4.69) is 9.47 Å². The first-order valence-electron chi connectivity index (χ1n) is 9.71. The lowest BCUT2D eigenvalue weighted by Gasteiger charge is -2.20. The lowest BCUT2D eigenvalue weighted by atomic mass is 10.1. The number of hydrogen-bond donors (Lipinski definition) is 2. The lowest BCUT2D eigenvalue weighted by molar-refractivity contribution is -0.141. The summed E-state index contributed by atoms with van der Waals surface area (Å²) in [5.74, 6) is -23.3. The van der Waals surface area contributed by atoms with Crippen molar-refractivity contribution in [2.24, 2.45) is 0 Å². The summed E-state index contributed by atoms with van der Waals surface area (Å²) in [6.07, 6.45) is -16.9. The van der Waals surface area contributed by atoms with Gasteiger partial charge >= 0.3 is 18.5 Å². The molecule has 0 aliphatic heterocycles. The standard InChI is InChI=1S/C21H7F15N2O2/c22-6-1-4(19(28,29)30)15(37)13(26)17(6)39-8-3-9(11(24)12(25)10(8)21(34,35)36)40-18-7(23)2-5(20(31,32)33)16(38)14(18)27/h1-3H,37-38H2. The molecule has 218 valence electrons. The molecule has 0 aliphatic carbocycles. The molecule has 0 spiro atoms. The van der Waals surface area contributed by atoms with Gasteiger partial charge < -0.3 is 20.9 Å². The molecule has 4 nitrogen and oxygen atoms in total. The lowest BCUT2D eigenvalue weighted by Crippen LogP contribution is -2.15. The molecule has 0 saturated heterocycles. The van der Waals surface area contributed by atoms with Crippen molar-refractivity contribution < 1.29 is 75.3 Å². The van der Waals surface area contributed by atoms with Crippen LogP contribution in [0.15, 0.2) is 18.2 Å². The van der Waals surface area contributed by atoms with Crippen molar-refractivity contribution in [2.45, 2.75) is 18.5 Å². The fraction of sp³-hybridized carbons (Fsp3) is 0.143. The van der Waals surface area contributed by atoms with Gasteiger partial charge in [-0.15, -0.1) is 0 Å². The van der Waals surface area contributed by atoms with E-state index in [0.29, 0.717) is 0 Å². The molecule has 40 heavy (non-hydrogen) atoms. The zero-order valence-corrected chi connectivity index (χ0v) is 18.4. The van der Waals surface area contributed by atoms with Gasteiger partial charge in [-0.3, -0.25) is 0 Å². The minimum atomic E-state index is -5.96. The second-order valence-electron chi connectivity index (χ2n) is 7.50. The summed E-state index contributed by atoms with van der Waals surface area (Å²) in [6.45, 7) is 0. The van der Waals surface area contributed by atoms with Crippen LogP contribution in [0.25, 0.3) is 0 Å². The first-order valence-corrected chi connectivity index (χ1v) is 9.71. The van der Waals surface area contributed by atoms with Crippen molar-refractivity contribution in [3.05, 3.63) is 69.8 Å². The summed E-state index contributed by atoms with van der Waals surface area (Å²) in [7, 11) is 0. The molecule has 3 rings (SSSR count). The molecule has 4 N–H and O–H groups in total. The number of rotatable bonds is 4. The summed E-state index contributed by atoms with van der Waals surface area (Å²) in [4.78, 5) is 0. The maximum absolute atomic E-state index is 14.4. The first-order chi connectivity index (χ1) is 18.1. The molecule has 0 radical (unpaired) electrons. The summed E-state index contributed by atoms with van der Waals surface area (Å²) in [5.41, 5.74) is -0.927. The third-order valence-corrected chi connectivity index (χ3v) is 4.88. The van der Waals surface area contributed by atoms with E-state index in [9.17, 15) is 65.9 Å². The number of anilines is 2. The van der Waals surface area contributed by atoms with Crippen LogP contribution in [0.2, 0.25) is 0 Å². The SMILES string of the molecule is Nc1c(C(F)(F)F)cc(F)c(Oc2cc(Oc3c(F)cc(C(F)(F)F)c(N)c3F)c(C(F)(F)F)c(F)c2F)c1F. The van der Waals surface area contributed by atoms with Crippen LogP contribution in [0.3, 0.4) is 0 Å². The number of hydrogen-bond acceptors (Lipinski definition) is 4. The van der Waals surface area contributed by atoms with Gasteiger partial charge in [-0.1, -0.05) is 0 Å². The first kappa shape index (κ1) is 30.4. The largest absolute Gasteiger partial charge is 0.450 e. The van der Waals surface area contributed by atoms with Gasteiger partial charge in [-0.25, -0.2) is 22.0 Å². The van der Waals surface area contributed by atoms with Crippen molar-refractivity contribution in [3.8, 4) is 23.0 Å². The third-order valence-electron chi connectivity index (χ3n) is 4.88. The molecule has 0 heterocycles. The number of alkyl halides is 9. The molecule has 0 bridgehead atoms. The zero-order chi connectivity index (χ0) is 30.7. The number of halogens is 15. The minimum Gasteiger partial charge on any atom is -0.450 e. The van der Waals surface area contributed by atoms with Crippen molar-refractivity contribution in [3.63, 3.8) is 0 Å². The van der Waals surface area contributed by atoms with Gasteiger partial charge in [-0.2, -0.15) is 43.9 Å². The highest BCUT2D eigenvalue weighted by Gasteiger charge is 2.43. The summed E-state index contributed by atoms with van der Waals surface area (Å²) in [5, 5.41) is 0. The number of ether oxygens (including phenoxy) is 2. The Morgan fingerprint density at radius 1 is 0.475 bits per heavy atom. The Morgan fingerprint density at radius 3 is 1.20 bits per heavy atom. The highest BCUT2D eigenvalue weighted by Crippen LogP contribution is 2.48. The van der Waals surface area contributed by atoms with Crippen LogP contribution in [0, 0.1) is 34.9 Å². The highest BCUT2D eigenvalue weighted by molar-refractivity contribution is 5.58. The maximum atomic E-state index is 14.4. The second-order valence-corrected chi connectivity index (χ2v) is 7.50. The Balaban J connectivity index is 2.24. The molecule has 19 heteroatoms. The van der Waals surface area contributed by atoms with E-state index < -0.39 is 123 Å². The molecular weight excluding hydrogens is 597 g/mol. The smallest absolute Gasteiger partial charge is 0.422 e. The van der Waals surface area contributed by atoms with Crippen LogP contribution in [-0.4, -0.2) is 0 Å². The maximum Gasteiger partial charge on any atom is 0.422 e. The van der Waals surface area contributed by atoms with Crippen molar-refractivity contribution in [1.82, 2.24) is 0 Å². The van der Waals surface area contributed by atoms with Crippen molar-refractivity contribution in [1.29, 1.82) is 0 Å². The molecule has 0 fully saturated rings. The minimum absolute atomic E-state index is 0.402. The number of benzene rings is 3. The predicted molar refractivity (Wildman–Crippen MR) is 103 cm³/mol. The van der Waals surface area contributed by atoms with Crippen molar-refractivity contribution >= 4 is 11.4 Å². The van der Waals surface area contributed by atoms with Gasteiger partial charge in [0, 0.05) is 6.07 Å². The van der Waals surface area contributed by atoms with Gasteiger partial charge in [0.1, 0.15) is 11.3 Å². The van der Waals surface area contributed by atoms with Crippen LogP contribution >= 0.6 is 0 Å². The highest BCUT2D eigenvalue weighted by atomic mass is 19.4. The average Bonchev–Trinajstić information content (AvgIpc) is 2.79. The van der Waals surface area contributed by atoms with E-state index >= 15 is 0 Å². The summed E-state index contributed by atoms with van der Waals surface area (Å²) >= 11 is 0. The monoisotopic (exact) mass is 604 g/mol. The Labute approximate surface area is 210 Å². The molecule has 3 aromatic carbocycles. The fourth-order valence-electron chi connectivity index (χ4n) is 3.11. The van der Waals surface area contributed by atoms with Gasteiger partial charge in [0.05, 0.1) is 22.5 Å². The van der Waals surface area contributed by atoms with Crippen LogP contribution < -0.4 is 20.9 Å². The van der Waals surface area contributed by atoms with Crippen molar-refractivity contribution in [2.75, 3.05) is 11.5 Å². The fourth-order valence-corrected chi connectivity index (χ4v) is 3.11. The molecule has 0 saturated carbocycles. The molecule has 3 aromatic rings. The van der Waals surface area contributed by atoms with E-state index in [1.807, 2.05) is 0 Å². The van der Waals surface area contributed by atoms with Gasteiger partial charge in [0.15, 0.2) is 34.8 Å². The Morgan fingerprint density at radius 2 is 0.850 bits per heavy atom. The zero-order valence-electron chi connectivity index (χ0n) is 18.4. The van der Waals surface area contributed by atoms with Crippen LogP contribution in [0.4, 0.5) is 77.2 Å². The topological polar surface area (TPSA) is 70.5 Å². The Bertz CT molecular complexity index is 1490. The molecule has 0 aromatic heterocycles. The quantitative estimate of drug-likeness (QED) is 0.232. The Hall–Kier alpha value is -4.19. The molecule has 0 unspecified atom stereocenters. The van der Waals surface area contributed by atoms with Gasteiger partial charge in [-0.05, 0) is 12.1 Å². The van der Waals surface area contributed by atoms with E-state index in [0.717, 1.165) is 0 Å². The number of nitrogen functional groups attached to an aromatic ring is 2. The molecule has 0 aliphatic rings. The van der Waals surface area contributed by atoms with Crippen LogP contribution in [0.5, 0.6) is 23.0 Å².